The summed E-state index contributed by atoms with van der Waals surface area (Å²) in [6, 6.07) is 0. The van der Waals surface area contributed by atoms with Crippen molar-refractivity contribution in [1.29, 1.82) is 0 Å². The topological polar surface area (TPSA) is 41.7 Å². The first-order valence-electron chi connectivity index (χ1n) is 7.77. The summed E-state index contributed by atoms with van der Waals surface area (Å²) in [5.41, 5.74) is 5.56. The molecule has 0 aromatic rings. The number of hydrogen-bond acceptors (Lipinski definition) is 4. The number of methoxy groups -OCH3 is 1. The molecule has 0 bridgehead atoms. The van der Waals surface area contributed by atoms with Gasteiger partial charge in [-0.2, -0.15) is 0 Å². The number of nitrogens with zero attached hydrogens (tertiary/aromatic N) is 2. The molecule has 4 heteroatoms. The molecule has 1 aliphatic rings. The molecular formula is C15H33N3O. The van der Waals surface area contributed by atoms with Gasteiger partial charge in [0.05, 0.1) is 5.60 Å². The van der Waals surface area contributed by atoms with Crippen LogP contribution in [0.1, 0.15) is 39.5 Å². The van der Waals surface area contributed by atoms with Gasteiger partial charge in [-0.05, 0) is 65.7 Å². The van der Waals surface area contributed by atoms with Gasteiger partial charge in [0.25, 0.3) is 0 Å². The van der Waals surface area contributed by atoms with Crippen molar-refractivity contribution in [3.8, 4) is 0 Å². The van der Waals surface area contributed by atoms with Gasteiger partial charge in [0.2, 0.25) is 0 Å². The molecular weight excluding hydrogens is 238 g/mol. The van der Waals surface area contributed by atoms with E-state index in [9.17, 15) is 0 Å². The van der Waals surface area contributed by atoms with Crippen LogP contribution in [-0.4, -0.2) is 68.3 Å². The van der Waals surface area contributed by atoms with Crippen molar-refractivity contribution < 1.29 is 4.74 Å². The summed E-state index contributed by atoms with van der Waals surface area (Å²) in [6.45, 7) is 12.4. The Hall–Kier alpha value is -0.160. The molecule has 0 saturated carbocycles. The second-order valence-electron chi connectivity index (χ2n) is 6.25. The molecule has 0 aromatic carbocycles. The molecule has 1 saturated heterocycles. The smallest absolute Gasteiger partial charge is 0.0634 e. The van der Waals surface area contributed by atoms with E-state index in [0.717, 1.165) is 25.9 Å². The van der Waals surface area contributed by atoms with Crippen LogP contribution in [0, 0.1) is 0 Å². The third-order valence-corrected chi connectivity index (χ3v) is 4.19. The van der Waals surface area contributed by atoms with Gasteiger partial charge >= 0.3 is 0 Å². The Labute approximate surface area is 119 Å². The van der Waals surface area contributed by atoms with E-state index >= 15 is 0 Å². The number of unbranched alkanes of at least 4 members (excludes halogenated alkanes) is 1. The molecule has 4 nitrogen and oxygen atoms in total. The average molecular weight is 271 g/mol. The van der Waals surface area contributed by atoms with Crippen LogP contribution in [0.5, 0.6) is 0 Å². The minimum absolute atomic E-state index is 0.00706. The lowest BCUT2D eigenvalue weighted by atomic mass is 10.1. The van der Waals surface area contributed by atoms with E-state index in [2.05, 4.69) is 23.6 Å². The maximum absolute atomic E-state index is 5.55. The van der Waals surface area contributed by atoms with Gasteiger partial charge in [0.1, 0.15) is 0 Å². The molecule has 0 radical (unpaired) electrons. The van der Waals surface area contributed by atoms with Crippen molar-refractivity contribution in [1.82, 2.24) is 9.80 Å². The van der Waals surface area contributed by atoms with Gasteiger partial charge in [-0.1, -0.05) is 0 Å². The van der Waals surface area contributed by atoms with Gasteiger partial charge < -0.3 is 20.3 Å². The second-order valence-corrected chi connectivity index (χ2v) is 6.25. The van der Waals surface area contributed by atoms with E-state index < -0.39 is 0 Å². The molecule has 0 amide bonds. The highest BCUT2D eigenvalue weighted by Crippen LogP contribution is 2.14. The molecule has 1 heterocycles. The maximum Gasteiger partial charge on any atom is 0.0634 e. The standard InChI is InChI=1S/C15H33N3O/c1-15(2,19-3)7-12-18-11-6-10-17(13-14-18)9-5-4-8-16/h4-14,16H2,1-3H3. The quantitative estimate of drug-likeness (QED) is 0.680. The minimum atomic E-state index is 0.00706. The second kappa shape index (κ2) is 8.90. The van der Waals surface area contributed by atoms with Crippen molar-refractivity contribution >= 4 is 0 Å². The molecule has 1 fully saturated rings. The number of hydrogen-bond donors (Lipinski definition) is 1. The summed E-state index contributed by atoms with van der Waals surface area (Å²) >= 11 is 0. The van der Waals surface area contributed by atoms with E-state index in [0.29, 0.717) is 0 Å². The molecule has 0 aliphatic carbocycles. The molecule has 19 heavy (non-hydrogen) atoms. The fraction of sp³-hybridized carbons (Fsp3) is 1.00. The van der Waals surface area contributed by atoms with E-state index in [4.69, 9.17) is 10.5 Å². The lowest BCUT2D eigenvalue weighted by molar-refractivity contribution is 0.00770. The summed E-state index contributed by atoms with van der Waals surface area (Å²) in [6.07, 6.45) is 4.79. The third-order valence-electron chi connectivity index (χ3n) is 4.19. The number of rotatable bonds is 8. The molecule has 0 unspecified atom stereocenters. The Morgan fingerprint density at radius 3 is 2.21 bits per heavy atom. The van der Waals surface area contributed by atoms with Crippen molar-refractivity contribution in [3.63, 3.8) is 0 Å². The van der Waals surface area contributed by atoms with Gasteiger partial charge in [-0.25, -0.2) is 0 Å². The predicted molar refractivity (Wildman–Crippen MR) is 81.5 cm³/mol. The van der Waals surface area contributed by atoms with Crippen LogP contribution >= 0.6 is 0 Å². The predicted octanol–water partition coefficient (Wildman–Crippen LogP) is 1.55. The van der Waals surface area contributed by atoms with E-state index in [1.165, 1.54) is 45.6 Å². The first-order valence-corrected chi connectivity index (χ1v) is 7.77. The molecule has 2 N–H and O–H groups in total. The van der Waals surface area contributed by atoms with Crippen LogP contribution in [0.2, 0.25) is 0 Å². The van der Waals surface area contributed by atoms with Crippen molar-refractivity contribution in [2.45, 2.75) is 45.1 Å². The maximum atomic E-state index is 5.55. The summed E-state index contributed by atoms with van der Waals surface area (Å²) in [4.78, 5) is 5.18. The van der Waals surface area contributed by atoms with Crippen LogP contribution in [0.15, 0.2) is 0 Å². The number of nitrogens with two attached hydrogens (primary N) is 1. The molecule has 0 spiro atoms. The number of ether oxygens (including phenoxy) is 1. The lowest BCUT2D eigenvalue weighted by Gasteiger charge is -2.27. The zero-order valence-corrected chi connectivity index (χ0v) is 13.2. The van der Waals surface area contributed by atoms with Crippen LogP contribution < -0.4 is 5.73 Å². The fourth-order valence-corrected chi connectivity index (χ4v) is 2.48. The summed E-state index contributed by atoms with van der Waals surface area (Å²) in [5.74, 6) is 0. The lowest BCUT2D eigenvalue weighted by Crippen LogP contribution is -2.35. The molecule has 1 rings (SSSR count). The zero-order valence-electron chi connectivity index (χ0n) is 13.2. The van der Waals surface area contributed by atoms with Crippen LogP contribution in [0.3, 0.4) is 0 Å². The Bertz CT molecular complexity index is 233. The molecule has 0 aromatic heterocycles. The van der Waals surface area contributed by atoms with Crippen molar-refractivity contribution in [3.05, 3.63) is 0 Å². The van der Waals surface area contributed by atoms with Crippen molar-refractivity contribution in [2.24, 2.45) is 5.73 Å². The summed E-state index contributed by atoms with van der Waals surface area (Å²) in [5, 5.41) is 0. The van der Waals surface area contributed by atoms with Crippen LogP contribution in [0.4, 0.5) is 0 Å². The highest BCUT2D eigenvalue weighted by Gasteiger charge is 2.20. The van der Waals surface area contributed by atoms with Gasteiger partial charge in [-0.3, -0.25) is 0 Å². The van der Waals surface area contributed by atoms with E-state index in [1.54, 1.807) is 0 Å². The largest absolute Gasteiger partial charge is 0.379 e. The monoisotopic (exact) mass is 271 g/mol. The first kappa shape index (κ1) is 16.9. The average Bonchev–Trinajstić information content (AvgIpc) is 2.62. The molecule has 0 atom stereocenters. The molecule has 1 aliphatic heterocycles. The SMILES string of the molecule is COC(C)(C)CCN1CCCN(CCCCN)CC1. The van der Waals surface area contributed by atoms with Crippen LogP contribution in [0.25, 0.3) is 0 Å². The normalized spacial score (nSPS) is 19.6. The zero-order chi connectivity index (χ0) is 14.1. The van der Waals surface area contributed by atoms with Gasteiger partial charge in [0.15, 0.2) is 0 Å². The molecule has 114 valence electrons. The van der Waals surface area contributed by atoms with Gasteiger partial charge in [0, 0.05) is 26.7 Å². The first-order chi connectivity index (χ1) is 9.07. The van der Waals surface area contributed by atoms with Gasteiger partial charge in [-0.15, -0.1) is 0 Å². The highest BCUT2D eigenvalue weighted by atomic mass is 16.5. The summed E-state index contributed by atoms with van der Waals surface area (Å²) in [7, 11) is 1.81. The van der Waals surface area contributed by atoms with Crippen LogP contribution in [-0.2, 0) is 4.74 Å². The van der Waals surface area contributed by atoms with Crippen molar-refractivity contribution in [2.75, 3.05) is 52.9 Å². The third kappa shape index (κ3) is 7.25. The fourth-order valence-electron chi connectivity index (χ4n) is 2.48. The minimum Gasteiger partial charge on any atom is -0.379 e. The van der Waals surface area contributed by atoms with E-state index in [1.807, 2.05) is 7.11 Å². The van der Waals surface area contributed by atoms with E-state index in [-0.39, 0.29) is 5.60 Å². The Balaban J connectivity index is 2.22. The Morgan fingerprint density at radius 2 is 1.63 bits per heavy atom. The Kier molecular flexibility index (Phi) is 7.91. The highest BCUT2D eigenvalue weighted by molar-refractivity contribution is 4.74. The Morgan fingerprint density at radius 1 is 1.00 bits per heavy atom. The summed E-state index contributed by atoms with van der Waals surface area (Å²) < 4.78 is 5.50.